The number of hydrogen-bond acceptors (Lipinski definition) is 1. The monoisotopic (exact) mass is 164 g/mol. The van der Waals surface area contributed by atoms with E-state index in [2.05, 4.69) is 13.0 Å². The lowest BCUT2D eigenvalue weighted by atomic mass is 10.0. The van der Waals surface area contributed by atoms with E-state index in [0.29, 0.717) is 0 Å². The fourth-order valence-corrected chi connectivity index (χ4v) is 1.32. The van der Waals surface area contributed by atoms with E-state index in [0.717, 1.165) is 12.0 Å². The second-order valence-corrected chi connectivity index (χ2v) is 3.03. The summed E-state index contributed by atoms with van der Waals surface area (Å²) < 4.78 is 0. The highest BCUT2D eigenvalue weighted by atomic mass is 16.3. The average Bonchev–Trinajstić information content (AvgIpc) is 2.15. The first-order valence-electron chi connectivity index (χ1n) is 4.56. The number of aryl methyl sites for hydroxylation is 1. The van der Waals surface area contributed by atoms with Crippen molar-refractivity contribution in [3.8, 4) is 0 Å². The van der Waals surface area contributed by atoms with Crippen LogP contribution in [0.25, 0.3) is 0 Å². The predicted octanol–water partition coefficient (Wildman–Crippen LogP) is 2.52. The van der Waals surface area contributed by atoms with Gasteiger partial charge in [0.15, 0.2) is 0 Å². The van der Waals surface area contributed by atoms with Gasteiger partial charge in [-0.2, -0.15) is 0 Å². The standard InChI is InChI=1S/C11H16O/c1-2-3-6-10-7-4-5-8-11(10)9-12/h4-5,7-8,12H,2-3,6,9H2,1H3. The lowest BCUT2D eigenvalue weighted by Gasteiger charge is -2.05. The topological polar surface area (TPSA) is 20.2 Å². The van der Waals surface area contributed by atoms with Gasteiger partial charge in [0.25, 0.3) is 0 Å². The maximum absolute atomic E-state index is 9.02. The minimum atomic E-state index is 0.167. The first kappa shape index (κ1) is 9.27. The Morgan fingerprint density at radius 2 is 1.83 bits per heavy atom. The lowest BCUT2D eigenvalue weighted by molar-refractivity contribution is 0.280. The summed E-state index contributed by atoms with van der Waals surface area (Å²) in [5.74, 6) is 0. The maximum Gasteiger partial charge on any atom is 0.0684 e. The molecule has 1 aromatic carbocycles. The third-order valence-corrected chi connectivity index (χ3v) is 2.09. The van der Waals surface area contributed by atoms with Gasteiger partial charge in [-0.05, 0) is 24.0 Å². The van der Waals surface area contributed by atoms with Crippen LogP contribution in [0.3, 0.4) is 0 Å². The van der Waals surface area contributed by atoms with E-state index in [-0.39, 0.29) is 6.61 Å². The largest absolute Gasteiger partial charge is 0.392 e. The summed E-state index contributed by atoms with van der Waals surface area (Å²) in [6.07, 6.45) is 3.50. The van der Waals surface area contributed by atoms with Gasteiger partial charge in [-0.25, -0.2) is 0 Å². The summed E-state index contributed by atoms with van der Waals surface area (Å²) in [6, 6.07) is 8.09. The van der Waals surface area contributed by atoms with Gasteiger partial charge in [-0.15, -0.1) is 0 Å². The second kappa shape index (κ2) is 4.94. The van der Waals surface area contributed by atoms with Crippen LogP contribution in [0.4, 0.5) is 0 Å². The van der Waals surface area contributed by atoms with Crippen LogP contribution in [0.2, 0.25) is 0 Å². The van der Waals surface area contributed by atoms with E-state index in [1.54, 1.807) is 0 Å². The molecule has 0 amide bonds. The van der Waals surface area contributed by atoms with Crippen molar-refractivity contribution in [1.82, 2.24) is 0 Å². The molecule has 0 unspecified atom stereocenters. The molecule has 1 heteroatoms. The van der Waals surface area contributed by atoms with Gasteiger partial charge >= 0.3 is 0 Å². The molecule has 0 atom stereocenters. The lowest BCUT2D eigenvalue weighted by Crippen LogP contribution is -1.93. The Balaban J connectivity index is 2.68. The van der Waals surface area contributed by atoms with Crippen molar-refractivity contribution in [2.45, 2.75) is 32.8 Å². The maximum atomic E-state index is 9.02. The molecule has 1 aromatic rings. The summed E-state index contributed by atoms with van der Waals surface area (Å²) in [6.45, 7) is 2.35. The van der Waals surface area contributed by atoms with Gasteiger partial charge in [-0.3, -0.25) is 0 Å². The molecule has 0 aliphatic heterocycles. The summed E-state index contributed by atoms with van der Waals surface area (Å²) in [5, 5.41) is 9.02. The molecular weight excluding hydrogens is 148 g/mol. The summed E-state index contributed by atoms with van der Waals surface area (Å²) in [7, 11) is 0. The molecular formula is C11H16O. The molecule has 1 N–H and O–H groups in total. The van der Waals surface area contributed by atoms with Crippen LogP contribution in [-0.4, -0.2) is 5.11 Å². The van der Waals surface area contributed by atoms with Crippen LogP contribution in [0.15, 0.2) is 24.3 Å². The molecule has 0 bridgehead atoms. The zero-order chi connectivity index (χ0) is 8.81. The van der Waals surface area contributed by atoms with Crippen molar-refractivity contribution < 1.29 is 5.11 Å². The van der Waals surface area contributed by atoms with E-state index in [9.17, 15) is 0 Å². The number of rotatable bonds is 4. The molecule has 0 aromatic heterocycles. The Kier molecular flexibility index (Phi) is 3.81. The van der Waals surface area contributed by atoms with Crippen molar-refractivity contribution in [2.24, 2.45) is 0 Å². The average molecular weight is 164 g/mol. The molecule has 12 heavy (non-hydrogen) atoms. The molecule has 0 heterocycles. The van der Waals surface area contributed by atoms with Crippen LogP contribution >= 0.6 is 0 Å². The van der Waals surface area contributed by atoms with Crippen molar-refractivity contribution in [2.75, 3.05) is 0 Å². The van der Waals surface area contributed by atoms with E-state index in [1.165, 1.54) is 18.4 Å². The van der Waals surface area contributed by atoms with Crippen LogP contribution in [0, 0.1) is 0 Å². The SMILES string of the molecule is CCCCc1ccccc1CO. The summed E-state index contributed by atoms with van der Waals surface area (Å²) in [5.41, 5.74) is 2.37. The van der Waals surface area contributed by atoms with Gasteiger partial charge in [0, 0.05) is 0 Å². The third kappa shape index (κ3) is 2.35. The number of aliphatic hydroxyl groups is 1. The molecule has 0 spiro atoms. The molecule has 0 saturated carbocycles. The highest BCUT2D eigenvalue weighted by Gasteiger charge is 1.98. The Bertz CT molecular complexity index is 230. The van der Waals surface area contributed by atoms with Crippen LogP contribution in [-0.2, 0) is 13.0 Å². The molecule has 1 rings (SSSR count). The molecule has 0 radical (unpaired) electrons. The first-order valence-corrected chi connectivity index (χ1v) is 4.56. The van der Waals surface area contributed by atoms with Gasteiger partial charge < -0.3 is 5.11 Å². The quantitative estimate of drug-likeness (QED) is 0.725. The van der Waals surface area contributed by atoms with E-state index < -0.39 is 0 Å². The number of hydrogen-bond donors (Lipinski definition) is 1. The number of benzene rings is 1. The minimum absolute atomic E-state index is 0.167. The Morgan fingerprint density at radius 1 is 1.17 bits per heavy atom. The van der Waals surface area contributed by atoms with Crippen molar-refractivity contribution in [3.63, 3.8) is 0 Å². The molecule has 66 valence electrons. The van der Waals surface area contributed by atoms with Crippen LogP contribution in [0.1, 0.15) is 30.9 Å². The van der Waals surface area contributed by atoms with E-state index in [4.69, 9.17) is 5.11 Å². The third-order valence-electron chi connectivity index (χ3n) is 2.09. The smallest absolute Gasteiger partial charge is 0.0684 e. The van der Waals surface area contributed by atoms with Crippen LogP contribution < -0.4 is 0 Å². The Labute approximate surface area is 74.1 Å². The van der Waals surface area contributed by atoms with E-state index >= 15 is 0 Å². The minimum Gasteiger partial charge on any atom is -0.392 e. The van der Waals surface area contributed by atoms with Gasteiger partial charge in [0.1, 0.15) is 0 Å². The number of aliphatic hydroxyl groups excluding tert-OH is 1. The van der Waals surface area contributed by atoms with Crippen molar-refractivity contribution in [1.29, 1.82) is 0 Å². The van der Waals surface area contributed by atoms with E-state index in [1.807, 2.05) is 18.2 Å². The highest BCUT2D eigenvalue weighted by Crippen LogP contribution is 2.11. The van der Waals surface area contributed by atoms with Gasteiger partial charge in [0.2, 0.25) is 0 Å². The fraction of sp³-hybridized carbons (Fsp3) is 0.455. The van der Waals surface area contributed by atoms with Crippen molar-refractivity contribution in [3.05, 3.63) is 35.4 Å². The van der Waals surface area contributed by atoms with Crippen LogP contribution in [0.5, 0.6) is 0 Å². The molecule has 1 nitrogen and oxygen atoms in total. The summed E-state index contributed by atoms with van der Waals surface area (Å²) >= 11 is 0. The number of unbranched alkanes of at least 4 members (excludes halogenated alkanes) is 1. The Morgan fingerprint density at radius 3 is 2.42 bits per heavy atom. The van der Waals surface area contributed by atoms with Gasteiger partial charge in [-0.1, -0.05) is 37.6 Å². The zero-order valence-electron chi connectivity index (χ0n) is 7.59. The highest BCUT2D eigenvalue weighted by molar-refractivity contribution is 5.26. The fourth-order valence-electron chi connectivity index (χ4n) is 1.32. The molecule has 0 aliphatic rings. The molecule has 0 fully saturated rings. The van der Waals surface area contributed by atoms with Crippen molar-refractivity contribution >= 4 is 0 Å². The predicted molar refractivity (Wildman–Crippen MR) is 51.0 cm³/mol. The first-order chi connectivity index (χ1) is 5.88. The Hall–Kier alpha value is -0.820. The second-order valence-electron chi connectivity index (χ2n) is 3.03. The molecule has 0 aliphatic carbocycles. The summed E-state index contributed by atoms with van der Waals surface area (Å²) in [4.78, 5) is 0. The molecule has 0 saturated heterocycles. The normalized spacial score (nSPS) is 10.2. The van der Waals surface area contributed by atoms with Gasteiger partial charge in [0.05, 0.1) is 6.61 Å². The zero-order valence-corrected chi connectivity index (χ0v) is 7.59.